The summed E-state index contributed by atoms with van der Waals surface area (Å²) >= 11 is 1.47. The molecule has 0 aliphatic rings. The van der Waals surface area contributed by atoms with Gasteiger partial charge in [-0.3, -0.25) is 9.52 Å². The number of ketones is 1. The smallest absolute Gasteiger partial charge is 0.331 e. The van der Waals surface area contributed by atoms with Gasteiger partial charge in [0.05, 0.1) is 17.0 Å². The number of hydrogen-bond donors (Lipinski definition) is 1. The van der Waals surface area contributed by atoms with Gasteiger partial charge in [-0.05, 0) is 44.2 Å². The van der Waals surface area contributed by atoms with Crippen molar-refractivity contribution in [3.63, 3.8) is 0 Å². The summed E-state index contributed by atoms with van der Waals surface area (Å²) < 4.78 is 29.7. The van der Waals surface area contributed by atoms with Gasteiger partial charge in [0.15, 0.2) is 6.10 Å². The molecule has 0 aliphatic heterocycles. The van der Waals surface area contributed by atoms with Gasteiger partial charge in [-0.15, -0.1) is 11.3 Å². The maximum absolute atomic E-state index is 12.3. The molecule has 0 fully saturated rings. The molecule has 2 aromatic rings. The maximum Gasteiger partial charge on any atom is 0.331 e. The summed E-state index contributed by atoms with van der Waals surface area (Å²) in [6, 6.07) is 5.86. The van der Waals surface area contributed by atoms with E-state index in [2.05, 4.69) is 9.71 Å². The number of thiazole rings is 1. The number of carbonyl (C=O) groups excluding carboxylic acids is 2. The molecule has 7 nitrogen and oxygen atoms in total. The third-order valence-electron chi connectivity index (χ3n) is 3.16. The Hall–Kier alpha value is -2.52. The number of esters is 1. The SMILES string of the molecule is Cc1nc(C=CC(=O)OC(C)C(=O)c2ccc(NS(C)(=O)=O)cc2)cs1. The fourth-order valence-electron chi connectivity index (χ4n) is 2.03. The highest BCUT2D eigenvalue weighted by atomic mass is 32.2. The molecule has 0 radical (unpaired) electrons. The van der Waals surface area contributed by atoms with E-state index in [0.29, 0.717) is 16.9 Å². The minimum absolute atomic E-state index is 0.309. The molecule has 26 heavy (non-hydrogen) atoms. The van der Waals surface area contributed by atoms with Crippen LogP contribution in [0.15, 0.2) is 35.7 Å². The van der Waals surface area contributed by atoms with Crippen molar-refractivity contribution in [3.8, 4) is 0 Å². The predicted octanol–water partition coefficient (Wildman–Crippen LogP) is 2.65. The number of benzene rings is 1. The molecule has 138 valence electrons. The van der Waals surface area contributed by atoms with E-state index in [4.69, 9.17) is 4.74 Å². The maximum atomic E-state index is 12.3. The van der Waals surface area contributed by atoms with E-state index in [0.717, 1.165) is 11.3 Å². The molecule has 1 unspecified atom stereocenters. The summed E-state index contributed by atoms with van der Waals surface area (Å²) in [5.74, 6) is -1.03. The Morgan fingerprint density at radius 2 is 1.92 bits per heavy atom. The van der Waals surface area contributed by atoms with Crippen molar-refractivity contribution in [1.29, 1.82) is 0 Å². The summed E-state index contributed by atoms with van der Waals surface area (Å²) in [7, 11) is -3.39. The largest absolute Gasteiger partial charge is 0.451 e. The van der Waals surface area contributed by atoms with Crippen LogP contribution in [0.5, 0.6) is 0 Å². The van der Waals surface area contributed by atoms with Crippen LogP contribution in [-0.2, 0) is 19.6 Å². The van der Waals surface area contributed by atoms with Gasteiger partial charge in [0.1, 0.15) is 0 Å². The van der Waals surface area contributed by atoms with Gasteiger partial charge >= 0.3 is 5.97 Å². The lowest BCUT2D eigenvalue weighted by atomic mass is 10.1. The van der Waals surface area contributed by atoms with Crippen LogP contribution in [0, 0.1) is 6.92 Å². The van der Waals surface area contributed by atoms with Gasteiger partial charge in [0.25, 0.3) is 0 Å². The third kappa shape index (κ3) is 6.08. The van der Waals surface area contributed by atoms with E-state index in [1.54, 1.807) is 5.38 Å². The number of nitrogens with one attached hydrogen (secondary N) is 1. The Morgan fingerprint density at radius 1 is 1.27 bits per heavy atom. The molecule has 0 bridgehead atoms. The second-order valence-electron chi connectivity index (χ2n) is 5.52. The van der Waals surface area contributed by atoms with Crippen LogP contribution < -0.4 is 4.72 Å². The van der Waals surface area contributed by atoms with Crippen molar-refractivity contribution >= 4 is 44.9 Å². The van der Waals surface area contributed by atoms with E-state index >= 15 is 0 Å². The first kappa shape index (κ1) is 19.8. The normalized spacial score (nSPS) is 12.7. The Bertz CT molecular complexity index is 930. The first-order chi connectivity index (χ1) is 12.1. The van der Waals surface area contributed by atoms with E-state index in [1.165, 1.54) is 54.7 Å². The molecule has 1 heterocycles. The Labute approximate surface area is 155 Å². The number of aromatic nitrogens is 1. The highest BCUT2D eigenvalue weighted by molar-refractivity contribution is 7.92. The minimum atomic E-state index is -3.39. The van der Waals surface area contributed by atoms with Crippen molar-refractivity contribution < 1.29 is 22.7 Å². The molecule has 1 N–H and O–H groups in total. The van der Waals surface area contributed by atoms with E-state index in [1.807, 2.05) is 6.92 Å². The van der Waals surface area contributed by atoms with Gasteiger partial charge in [0.2, 0.25) is 15.8 Å². The minimum Gasteiger partial charge on any atom is -0.451 e. The molecule has 0 aliphatic carbocycles. The lowest BCUT2D eigenvalue weighted by Crippen LogP contribution is -2.23. The Kier molecular flexibility index (Phi) is 6.27. The predicted molar refractivity (Wildman–Crippen MR) is 101 cm³/mol. The first-order valence-electron chi connectivity index (χ1n) is 7.57. The molecule has 1 aromatic heterocycles. The van der Waals surface area contributed by atoms with Crippen LogP contribution in [0.4, 0.5) is 5.69 Å². The monoisotopic (exact) mass is 394 g/mol. The zero-order chi connectivity index (χ0) is 19.3. The molecule has 0 amide bonds. The number of carbonyl (C=O) groups is 2. The van der Waals surface area contributed by atoms with Crippen LogP contribution >= 0.6 is 11.3 Å². The van der Waals surface area contributed by atoms with Crippen molar-refractivity contribution in [2.24, 2.45) is 0 Å². The molecule has 0 spiro atoms. The molecule has 2 rings (SSSR count). The van der Waals surface area contributed by atoms with Crippen molar-refractivity contribution in [1.82, 2.24) is 4.98 Å². The summed E-state index contributed by atoms with van der Waals surface area (Å²) in [4.78, 5) is 28.3. The van der Waals surface area contributed by atoms with Gasteiger partial charge in [-0.1, -0.05) is 0 Å². The average Bonchev–Trinajstić information content (AvgIpc) is 2.97. The van der Waals surface area contributed by atoms with Crippen LogP contribution in [0.1, 0.15) is 28.0 Å². The number of anilines is 1. The van der Waals surface area contributed by atoms with Crippen molar-refractivity contribution in [2.45, 2.75) is 20.0 Å². The fourth-order valence-corrected chi connectivity index (χ4v) is 3.17. The van der Waals surface area contributed by atoms with Crippen LogP contribution in [0.2, 0.25) is 0 Å². The Balaban J connectivity index is 1.96. The zero-order valence-corrected chi connectivity index (χ0v) is 16.1. The van der Waals surface area contributed by atoms with E-state index < -0.39 is 22.1 Å². The highest BCUT2D eigenvalue weighted by Gasteiger charge is 2.18. The van der Waals surface area contributed by atoms with Crippen LogP contribution in [0.3, 0.4) is 0 Å². The second kappa shape index (κ2) is 8.24. The number of rotatable bonds is 7. The number of ether oxygens (including phenoxy) is 1. The van der Waals surface area contributed by atoms with Crippen molar-refractivity contribution in [2.75, 3.05) is 11.0 Å². The van der Waals surface area contributed by atoms with Gasteiger partial charge in [-0.2, -0.15) is 0 Å². The van der Waals surface area contributed by atoms with Gasteiger partial charge in [0, 0.05) is 22.7 Å². The lowest BCUT2D eigenvalue weighted by molar-refractivity contribution is -0.140. The second-order valence-corrected chi connectivity index (χ2v) is 8.33. The molecule has 1 aromatic carbocycles. The van der Waals surface area contributed by atoms with E-state index in [-0.39, 0.29) is 5.78 Å². The standard InChI is InChI=1S/C17H18N2O5S2/c1-11(24-16(20)9-8-15-10-25-12(2)18-15)17(21)13-4-6-14(7-5-13)19-26(3,22)23/h4-11,19H,1-3H3. The number of aryl methyl sites for hydroxylation is 1. The number of nitrogens with zero attached hydrogens (tertiary/aromatic N) is 1. The number of Topliss-reactive ketones (excluding diaryl/α,β-unsaturated/α-hetero) is 1. The van der Waals surface area contributed by atoms with Crippen LogP contribution in [0.25, 0.3) is 6.08 Å². The topological polar surface area (TPSA) is 102 Å². The number of hydrogen-bond acceptors (Lipinski definition) is 7. The fraction of sp³-hybridized carbons (Fsp3) is 0.235. The lowest BCUT2D eigenvalue weighted by Gasteiger charge is -2.11. The molecular weight excluding hydrogens is 376 g/mol. The Morgan fingerprint density at radius 3 is 2.46 bits per heavy atom. The zero-order valence-electron chi connectivity index (χ0n) is 14.4. The summed E-state index contributed by atoms with van der Waals surface area (Å²) in [5.41, 5.74) is 1.30. The average molecular weight is 394 g/mol. The molecular formula is C17H18N2O5S2. The summed E-state index contributed by atoms with van der Waals surface area (Å²) in [6.45, 7) is 3.33. The van der Waals surface area contributed by atoms with E-state index in [9.17, 15) is 18.0 Å². The summed E-state index contributed by atoms with van der Waals surface area (Å²) in [5, 5.41) is 2.69. The van der Waals surface area contributed by atoms with Gasteiger partial charge in [-0.25, -0.2) is 18.2 Å². The molecule has 0 saturated carbocycles. The number of sulfonamides is 1. The summed E-state index contributed by atoms with van der Waals surface area (Å²) in [6.07, 6.45) is 2.80. The van der Waals surface area contributed by atoms with Crippen LogP contribution in [-0.4, -0.2) is 37.5 Å². The molecule has 9 heteroatoms. The highest BCUT2D eigenvalue weighted by Crippen LogP contribution is 2.14. The molecule has 1 atom stereocenters. The first-order valence-corrected chi connectivity index (χ1v) is 10.3. The molecule has 0 saturated heterocycles. The van der Waals surface area contributed by atoms with Crippen molar-refractivity contribution in [3.05, 3.63) is 52.0 Å². The quantitative estimate of drug-likeness (QED) is 0.440. The van der Waals surface area contributed by atoms with Gasteiger partial charge < -0.3 is 4.74 Å². The third-order valence-corrected chi connectivity index (χ3v) is 4.56.